The molecule has 1 heteroatoms. The van der Waals surface area contributed by atoms with Crippen molar-refractivity contribution in [3.8, 4) is 33.6 Å². The van der Waals surface area contributed by atoms with Gasteiger partial charge in [-0.3, -0.25) is 0 Å². The van der Waals surface area contributed by atoms with Gasteiger partial charge in [-0.05, 0) is 35.2 Å². The molecule has 1 N–H and O–H groups in total. The van der Waals surface area contributed by atoms with Gasteiger partial charge in [0.1, 0.15) is 0 Å². The van der Waals surface area contributed by atoms with Crippen molar-refractivity contribution in [2.75, 3.05) is 0 Å². The molecule has 1 aromatic heterocycles. The third kappa shape index (κ3) is 2.65. The first-order valence-electron chi connectivity index (χ1n) is 8.23. The monoisotopic (exact) mass is 309 g/mol. The Kier molecular flexibility index (Phi) is 3.76. The second kappa shape index (κ2) is 6.21. The van der Waals surface area contributed by atoms with Crippen LogP contribution in [0.2, 0.25) is 0 Å². The molecule has 0 radical (unpaired) electrons. The molecule has 116 valence electrons. The van der Waals surface area contributed by atoms with E-state index in [1.165, 1.54) is 33.5 Å². The number of aryl methyl sites for hydroxylation is 1. The maximum Gasteiger partial charge on any atom is 0.0538 e. The zero-order valence-electron chi connectivity index (χ0n) is 13.7. The summed E-state index contributed by atoms with van der Waals surface area (Å²) in [4.78, 5) is 3.64. The van der Waals surface area contributed by atoms with Gasteiger partial charge in [0.2, 0.25) is 0 Å². The van der Waals surface area contributed by atoms with Gasteiger partial charge in [-0.25, -0.2) is 0 Å². The van der Waals surface area contributed by atoms with E-state index in [4.69, 9.17) is 0 Å². The molecule has 1 nitrogen and oxygen atoms in total. The molecule has 0 amide bonds. The van der Waals surface area contributed by atoms with E-state index in [9.17, 15) is 0 Å². The van der Waals surface area contributed by atoms with E-state index in [1.54, 1.807) is 0 Å². The Labute approximate surface area is 142 Å². The van der Waals surface area contributed by atoms with Crippen molar-refractivity contribution in [1.29, 1.82) is 0 Å². The van der Waals surface area contributed by atoms with Crippen LogP contribution in [0.25, 0.3) is 33.6 Å². The summed E-state index contributed by atoms with van der Waals surface area (Å²) in [6, 6.07) is 31.8. The minimum atomic E-state index is 1.15. The van der Waals surface area contributed by atoms with E-state index < -0.39 is 0 Å². The highest BCUT2D eigenvalue weighted by Gasteiger charge is 2.14. The minimum Gasteiger partial charge on any atom is -0.354 e. The van der Waals surface area contributed by atoms with Crippen LogP contribution in [0.4, 0.5) is 0 Å². The first-order chi connectivity index (χ1) is 11.8. The van der Waals surface area contributed by atoms with Crippen LogP contribution >= 0.6 is 0 Å². The Balaban J connectivity index is 1.94. The molecule has 0 atom stereocenters. The number of aromatic nitrogens is 1. The Morgan fingerprint density at radius 2 is 1.17 bits per heavy atom. The quantitative estimate of drug-likeness (QED) is 0.455. The molecule has 0 unspecified atom stereocenters. The van der Waals surface area contributed by atoms with Crippen LogP contribution in [0.1, 0.15) is 5.56 Å². The van der Waals surface area contributed by atoms with E-state index in [2.05, 4.69) is 96.8 Å². The topological polar surface area (TPSA) is 15.8 Å². The van der Waals surface area contributed by atoms with Gasteiger partial charge in [-0.2, -0.15) is 0 Å². The van der Waals surface area contributed by atoms with Crippen LogP contribution in [0, 0.1) is 6.92 Å². The second-order valence-corrected chi connectivity index (χ2v) is 6.02. The summed E-state index contributed by atoms with van der Waals surface area (Å²) in [6.45, 7) is 2.17. The van der Waals surface area contributed by atoms with Crippen LogP contribution in [0.5, 0.6) is 0 Å². The first kappa shape index (κ1) is 14.5. The lowest BCUT2D eigenvalue weighted by Gasteiger charge is -2.07. The second-order valence-electron chi connectivity index (χ2n) is 6.02. The molecule has 0 bridgehead atoms. The SMILES string of the molecule is Cc1ccccc1-c1cc(-c2ccccc2)[nH]c1-c1ccccc1. The predicted octanol–water partition coefficient (Wildman–Crippen LogP) is 6.32. The molecule has 0 aliphatic carbocycles. The highest BCUT2D eigenvalue weighted by Crippen LogP contribution is 2.37. The summed E-state index contributed by atoms with van der Waals surface area (Å²) >= 11 is 0. The average molecular weight is 309 g/mol. The molecule has 0 saturated heterocycles. The van der Waals surface area contributed by atoms with Crippen molar-refractivity contribution in [1.82, 2.24) is 4.98 Å². The molecular formula is C23H19N. The Morgan fingerprint density at radius 1 is 0.583 bits per heavy atom. The van der Waals surface area contributed by atoms with Gasteiger partial charge < -0.3 is 4.98 Å². The summed E-state index contributed by atoms with van der Waals surface area (Å²) in [6.07, 6.45) is 0. The van der Waals surface area contributed by atoms with Gasteiger partial charge >= 0.3 is 0 Å². The summed E-state index contributed by atoms with van der Waals surface area (Å²) in [5.74, 6) is 0. The number of hydrogen-bond acceptors (Lipinski definition) is 0. The molecule has 4 aromatic rings. The molecule has 4 rings (SSSR count). The smallest absolute Gasteiger partial charge is 0.0538 e. The fourth-order valence-corrected chi connectivity index (χ4v) is 3.15. The van der Waals surface area contributed by atoms with Gasteiger partial charge in [-0.1, -0.05) is 84.9 Å². The summed E-state index contributed by atoms with van der Waals surface area (Å²) in [5, 5.41) is 0. The maximum atomic E-state index is 3.64. The molecule has 0 aliphatic rings. The lowest BCUT2D eigenvalue weighted by molar-refractivity contribution is 1.39. The number of rotatable bonds is 3. The van der Waals surface area contributed by atoms with Crippen LogP contribution < -0.4 is 0 Å². The molecule has 24 heavy (non-hydrogen) atoms. The fourth-order valence-electron chi connectivity index (χ4n) is 3.15. The van der Waals surface area contributed by atoms with E-state index in [1.807, 2.05) is 6.07 Å². The standard InChI is InChI=1S/C23H19N/c1-17-10-8-9-15-20(17)21-16-22(18-11-4-2-5-12-18)24-23(21)19-13-6-3-7-14-19/h2-16,24H,1H3. The van der Waals surface area contributed by atoms with Gasteiger partial charge in [0.25, 0.3) is 0 Å². The molecule has 0 aliphatic heterocycles. The third-order valence-electron chi connectivity index (χ3n) is 4.40. The number of benzene rings is 3. The largest absolute Gasteiger partial charge is 0.354 e. The van der Waals surface area contributed by atoms with Crippen molar-refractivity contribution in [2.24, 2.45) is 0 Å². The Hall–Kier alpha value is -3.06. The summed E-state index contributed by atoms with van der Waals surface area (Å²) in [7, 11) is 0. The Morgan fingerprint density at radius 3 is 1.83 bits per heavy atom. The molecule has 0 fully saturated rings. The van der Waals surface area contributed by atoms with Crippen molar-refractivity contribution in [3.05, 3.63) is 96.6 Å². The van der Waals surface area contributed by atoms with Gasteiger partial charge in [0.15, 0.2) is 0 Å². The number of hydrogen-bond donors (Lipinski definition) is 1. The van der Waals surface area contributed by atoms with Crippen molar-refractivity contribution in [2.45, 2.75) is 6.92 Å². The van der Waals surface area contributed by atoms with Gasteiger partial charge in [0.05, 0.1) is 5.69 Å². The van der Waals surface area contributed by atoms with Gasteiger partial charge in [0, 0.05) is 11.3 Å². The molecule has 0 spiro atoms. The van der Waals surface area contributed by atoms with E-state index in [0.717, 1.165) is 5.69 Å². The van der Waals surface area contributed by atoms with Crippen molar-refractivity contribution < 1.29 is 0 Å². The molecule has 3 aromatic carbocycles. The molecule has 1 heterocycles. The summed E-state index contributed by atoms with van der Waals surface area (Å²) in [5.41, 5.74) is 8.53. The number of nitrogens with one attached hydrogen (secondary N) is 1. The zero-order valence-corrected chi connectivity index (χ0v) is 13.7. The molecular weight excluding hydrogens is 290 g/mol. The van der Waals surface area contributed by atoms with Crippen LogP contribution in [-0.4, -0.2) is 4.98 Å². The third-order valence-corrected chi connectivity index (χ3v) is 4.40. The highest BCUT2D eigenvalue weighted by atomic mass is 14.7. The zero-order chi connectivity index (χ0) is 16.4. The number of aromatic amines is 1. The average Bonchev–Trinajstić information content (AvgIpc) is 3.09. The highest BCUT2D eigenvalue weighted by molar-refractivity contribution is 5.87. The van der Waals surface area contributed by atoms with Crippen LogP contribution in [0.3, 0.4) is 0 Å². The first-order valence-corrected chi connectivity index (χ1v) is 8.23. The minimum absolute atomic E-state index is 1.15. The van der Waals surface area contributed by atoms with Crippen LogP contribution in [-0.2, 0) is 0 Å². The lowest BCUT2D eigenvalue weighted by atomic mass is 9.97. The van der Waals surface area contributed by atoms with E-state index in [-0.39, 0.29) is 0 Å². The van der Waals surface area contributed by atoms with Crippen LogP contribution in [0.15, 0.2) is 91.0 Å². The summed E-state index contributed by atoms with van der Waals surface area (Å²) < 4.78 is 0. The van der Waals surface area contributed by atoms with Crippen molar-refractivity contribution in [3.63, 3.8) is 0 Å². The number of H-pyrrole nitrogens is 1. The maximum absolute atomic E-state index is 3.64. The van der Waals surface area contributed by atoms with Crippen molar-refractivity contribution >= 4 is 0 Å². The van der Waals surface area contributed by atoms with E-state index in [0.29, 0.717) is 0 Å². The molecule has 0 saturated carbocycles. The van der Waals surface area contributed by atoms with E-state index >= 15 is 0 Å². The predicted molar refractivity (Wildman–Crippen MR) is 102 cm³/mol. The lowest BCUT2D eigenvalue weighted by Crippen LogP contribution is -1.85. The van der Waals surface area contributed by atoms with Gasteiger partial charge in [-0.15, -0.1) is 0 Å². The fraction of sp³-hybridized carbons (Fsp3) is 0.0435. The normalized spacial score (nSPS) is 10.7. The Bertz CT molecular complexity index is 950.